The van der Waals surface area contributed by atoms with Crippen LogP contribution >= 0.6 is 0 Å². The molecule has 0 aliphatic rings. The van der Waals surface area contributed by atoms with Crippen molar-refractivity contribution in [3.63, 3.8) is 0 Å². The first-order valence-corrected chi connectivity index (χ1v) is 4.91. The molecule has 4 N–H and O–H groups in total. The van der Waals surface area contributed by atoms with Crippen LogP contribution in [0, 0.1) is 0 Å². The molecule has 0 aliphatic heterocycles. The monoisotopic (exact) mass is 256 g/mol. The summed E-state index contributed by atoms with van der Waals surface area (Å²) in [5, 5.41) is 35.1. The van der Waals surface area contributed by atoms with Crippen molar-refractivity contribution >= 4 is 17.9 Å². The Morgan fingerprint density at radius 1 is 0.778 bits per heavy atom. The van der Waals surface area contributed by atoms with Gasteiger partial charge in [-0.3, -0.25) is 0 Å². The van der Waals surface area contributed by atoms with Gasteiger partial charge in [-0.15, -0.1) is 0 Å². The van der Waals surface area contributed by atoms with E-state index >= 15 is 0 Å². The van der Waals surface area contributed by atoms with Crippen LogP contribution in [-0.4, -0.2) is 38.3 Å². The third-order valence-corrected chi connectivity index (χ3v) is 1.83. The molecule has 7 heteroatoms. The van der Waals surface area contributed by atoms with Gasteiger partial charge in [0.25, 0.3) is 0 Å². The third-order valence-electron chi connectivity index (χ3n) is 1.83. The Labute approximate surface area is 102 Å². The molecular weight excluding hydrogens is 244 g/mol. The Balaban J connectivity index is 0.00000137. The van der Waals surface area contributed by atoms with Gasteiger partial charge in [0.2, 0.25) is 0 Å². The summed E-state index contributed by atoms with van der Waals surface area (Å²) >= 11 is 0. The molecule has 0 aliphatic carbocycles. The predicted molar refractivity (Wildman–Crippen MR) is 60.3 cm³/mol. The number of hydrogen-bond donors (Lipinski definition) is 4. The second-order valence-corrected chi connectivity index (χ2v) is 2.83. The van der Waals surface area contributed by atoms with Gasteiger partial charge in [-0.2, -0.15) is 0 Å². The van der Waals surface area contributed by atoms with E-state index in [4.69, 9.17) is 15.3 Å². The fourth-order valence-electron chi connectivity index (χ4n) is 1.11. The zero-order valence-corrected chi connectivity index (χ0v) is 9.67. The van der Waals surface area contributed by atoms with Gasteiger partial charge in [-0.05, 0) is 12.1 Å². The van der Waals surface area contributed by atoms with Crippen LogP contribution in [-0.2, 0) is 0 Å². The average molecular weight is 256 g/mol. The molecule has 0 heterocycles. The second-order valence-electron chi connectivity index (χ2n) is 2.83. The molecule has 0 atom stereocenters. The van der Waals surface area contributed by atoms with Crippen LogP contribution in [0.5, 0.6) is 5.75 Å². The number of rotatable bonds is 3. The van der Waals surface area contributed by atoms with Crippen molar-refractivity contribution in [1.82, 2.24) is 0 Å². The molecule has 1 aromatic carbocycles. The molecule has 0 amide bonds. The molecule has 0 radical (unpaired) electrons. The van der Waals surface area contributed by atoms with E-state index in [-0.39, 0.29) is 0 Å². The van der Waals surface area contributed by atoms with Crippen LogP contribution in [0.1, 0.15) is 44.9 Å². The van der Waals surface area contributed by atoms with E-state index in [0.29, 0.717) is 12.1 Å². The molecule has 1 rings (SSSR count). The van der Waals surface area contributed by atoms with Crippen molar-refractivity contribution in [3.8, 4) is 5.75 Å². The lowest BCUT2D eigenvalue weighted by Gasteiger charge is -2.05. The summed E-state index contributed by atoms with van der Waals surface area (Å²) in [4.78, 5) is 31.9. The summed E-state index contributed by atoms with van der Waals surface area (Å²) in [6, 6.07) is 1.19. The maximum Gasteiger partial charge on any atom is 0.339 e. The number of carboxylic acid groups (broad SMARTS) is 3. The first-order valence-electron chi connectivity index (χ1n) is 4.91. The van der Waals surface area contributed by atoms with Crippen molar-refractivity contribution in [3.05, 3.63) is 28.8 Å². The fourth-order valence-corrected chi connectivity index (χ4v) is 1.11. The van der Waals surface area contributed by atoms with Crippen molar-refractivity contribution < 1.29 is 34.8 Å². The number of aromatic hydroxyl groups is 1. The third kappa shape index (κ3) is 3.21. The molecular formula is C11H12O7. The molecule has 18 heavy (non-hydrogen) atoms. The molecule has 98 valence electrons. The summed E-state index contributed by atoms with van der Waals surface area (Å²) in [6.07, 6.45) is 0. The lowest BCUT2D eigenvalue weighted by Crippen LogP contribution is -2.10. The van der Waals surface area contributed by atoms with E-state index < -0.39 is 40.3 Å². The maximum atomic E-state index is 10.7. The Bertz CT molecular complexity index is 490. The minimum absolute atomic E-state index is 0.592. The number of phenols is 1. The van der Waals surface area contributed by atoms with E-state index in [1.165, 1.54) is 0 Å². The summed E-state index contributed by atoms with van der Waals surface area (Å²) in [7, 11) is 0. The zero-order valence-electron chi connectivity index (χ0n) is 9.67. The normalized spacial score (nSPS) is 9.00. The molecule has 1 aromatic rings. The Hall–Kier alpha value is -2.57. The van der Waals surface area contributed by atoms with Gasteiger partial charge >= 0.3 is 17.9 Å². The average Bonchev–Trinajstić information content (AvgIpc) is 2.30. The quantitative estimate of drug-likeness (QED) is 0.644. The van der Waals surface area contributed by atoms with Crippen LogP contribution in [0.15, 0.2) is 12.1 Å². The highest BCUT2D eigenvalue weighted by Gasteiger charge is 2.21. The molecule has 0 aromatic heterocycles. The van der Waals surface area contributed by atoms with Gasteiger partial charge in [0.1, 0.15) is 11.3 Å². The van der Waals surface area contributed by atoms with Gasteiger partial charge in [0.05, 0.1) is 11.1 Å². The van der Waals surface area contributed by atoms with E-state index in [9.17, 15) is 19.5 Å². The molecule has 7 nitrogen and oxygen atoms in total. The number of benzene rings is 1. The van der Waals surface area contributed by atoms with E-state index in [0.717, 1.165) is 0 Å². The van der Waals surface area contributed by atoms with Gasteiger partial charge < -0.3 is 20.4 Å². The fraction of sp³-hybridized carbons (Fsp3) is 0.182. The highest BCUT2D eigenvalue weighted by molar-refractivity contribution is 6.04. The van der Waals surface area contributed by atoms with Crippen molar-refractivity contribution in [2.75, 3.05) is 0 Å². The maximum absolute atomic E-state index is 10.7. The Morgan fingerprint density at radius 3 is 1.44 bits per heavy atom. The van der Waals surface area contributed by atoms with Crippen LogP contribution in [0.2, 0.25) is 0 Å². The predicted octanol–water partition coefficient (Wildman–Crippen LogP) is 1.51. The van der Waals surface area contributed by atoms with Gasteiger partial charge in [0.15, 0.2) is 0 Å². The Kier molecular flexibility index (Phi) is 5.35. The first kappa shape index (κ1) is 15.4. The molecule has 0 bridgehead atoms. The molecule has 0 saturated carbocycles. The second kappa shape index (κ2) is 6.24. The minimum atomic E-state index is -1.58. The highest BCUT2D eigenvalue weighted by atomic mass is 16.4. The summed E-state index contributed by atoms with van der Waals surface area (Å²) in [5.41, 5.74) is -2.03. The number of carboxylic acids is 3. The topological polar surface area (TPSA) is 132 Å². The summed E-state index contributed by atoms with van der Waals surface area (Å²) in [6.45, 7) is 4.00. The largest absolute Gasteiger partial charge is 0.507 e. The summed E-state index contributed by atoms with van der Waals surface area (Å²) < 4.78 is 0. The smallest absolute Gasteiger partial charge is 0.339 e. The van der Waals surface area contributed by atoms with Crippen LogP contribution in [0.3, 0.4) is 0 Å². The number of aromatic carboxylic acids is 3. The molecule has 0 unspecified atom stereocenters. The lowest BCUT2D eigenvalue weighted by atomic mass is 10.0. The van der Waals surface area contributed by atoms with Crippen molar-refractivity contribution in [2.24, 2.45) is 0 Å². The minimum Gasteiger partial charge on any atom is -0.507 e. The number of carbonyl (C=O) groups is 3. The van der Waals surface area contributed by atoms with Crippen LogP contribution < -0.4 is 0 Å². The van der Waals surface area contributed by atoms with Crippen molar-refractivity contribution in [2.45, 2.75) is 13.8 Å². The molecule has 0 fully saturated rings. The highest BCUT2D eigenvalue weighted by Crippen LogP contribution is 2.23. The van der Waals surface area contributed by atoms with Crippen LogP contribution in [0.25, 0.3) is 0 Å². The van der Waals surface area contributed by atoms with E-state index in [1.54, 1.807) is 0 Å². The van der Waals surface area contributed by atoms with E-state index in [2.05, 4.69) is 0 Å². The van der Waals surface area contributed by atoms with Gasteiger partial charge in [0, 0.05) is 0 Å². The molecule has 0 spiro atoms. The lowest BCUT2D eigenvalue weighted by molar-refractivity contribution is 0.0648. The number of hydrogen-bond acceptors (Lipinski definition) is 4. The van der Waals surface area contributed by atoms with Crippen molar-refractivity contribution in [1.29, 1.82) is 0 Å². The standard InChI is InChI=1S/C9H6O7.C2H6/c10-6-2-4(8(13)14)3(7(11)12)1-5(6)9(15)16;1-2/h1-2,10H,(H,11,12)(H,13,14)(H,15,16);1-2H3. The van der Waals surface area contributed by atoms with Gasteiger partial charge in [-0.1, -0.05) is 13.8 Å². The SMILES string of the molecule is CC.O=C(O)c1cc(C(=O)O)c(C(=O)O)cc1O. The van der Waals surface area contributed by atoms with Crippen LogP contribution in [0.4, 0.5) is 0 Å². The Morgan fingerprint density at radius 2 is 1.11 bits per heavy atom. The van der Waals surface area contributed by atoms with E-state index in [1.807, 2.05) is 13.8 Å². The molecule has 0 saturated heterocycles. The summed E-state index contributed by atoms with van der Waals surface area (Å²) in [5.74, 6) is -5.49. The van der Waals surface area contributed by atoms with Gasteiger partial charge in [-0.25, -0.2) is 14.4 Å². The zero-order chi connectivity index (χ0) is 14.5. The first-order chi connectivity index (χ1) is 8.34.